The minimum absolute atomic E-state index is 0.341. The Kier molecular flexibility index (Phi) is 4.56. The lowest BCUT2D eigenvalue weighted by molar-refractivity contribution is 0.100. The Labute approximate surface area is 131 Å². The lowest BCUT2D eigenvalue weighted by atomic mass is 10.1. The average Bonchev–Trinajstić information content (AvgIpc) is 3.28. The molecule has 0 radical (unpaired) electrons. The lowest BCUT2D eigenvalue weighted by Crippen LogP contribution is -1.98. The molecule has 2 aromatic rings. The van der Waals surface area contributed by atoms with E-state index in [2.05, 4.69) is 23.9 Å². The fourth-order valence-electron chi connectivity index (χ4n) is 2.20. The first-order chi connectivity index (χ1) is 10.8. The topological polar surface area (TPSA) is 21.6 Å². The minimum atomic E-state index is -0.341. The molecule has 0 spiro atoms. The van der Waals surface area contributed by atoms with Crippen molar-refractivity contribution in [3.8, 4) is 11.8 Å². The quantitative estimate of drug-likeness (QED) is 0.463. The van der Waals surface area contributed by atoms with Crippen LogP contribution in [0.5, 0.6) is 0 Å². The van der Waals surface area contributed by atoms with Crippen LogP contribution in [0.4, 0.5) is 0 Å². The van der Waals surface area contributed by atoms with E-state index in [-0.39, 0.29) is 6.10 Å². The summed E-state index contributed by atoms with van der Waals surface area (Å²) < 4.78 is 0. The highest BCUT2D eigenvalue weighted by Gasteiger charge is 2.30. The largest absolute Gasteiger partial charge is 0.375 e. The van der Waals surface area contributed by atoms with Crippen molar-refractivity contribution >= 4 is 6.21 Å². The van der Waals surface area contributed by atoms with E-state index in [1.807, 2.05) is 66.9 Å². The van der Waals surface area contributed by atoms with Gasteiger partial charge in [0.25, 0.3) is 0 Å². The smallest absolute Gasteiger partial charge is 0.213 e. The Morgan fingerprint density at radius 2 is 1.73 bits per heavy atom. The number of nitrogens with zero attached hydrogens (tertiary/aromatic N) is 1. The van der Waals surface area contributed by atoms with E-state index in [0.717, 1.165) is 17.0 Å². The number of benzene rings is 2. The highest BCUT2D eigenvalue weighted by atomic mass is 16.6. The highest BCUT2D eigenvalue weighted by molar-refractivity contribution is 5.63. The normalized spacial score (nSPS) is 21.0. The Hall–Kier alpha value is -2.53. The summed E-state index contributed by atoms with van der Waals surface area (Å²) in [5.74, 6) is 7.63. The molecule has 0 bridgehead atoms. The summed E-state index contributed by atoms with van der Waals surface area (Å²) in [6.45, 7) is 2.22. The molecule has 3 rings (SSSR count). The van der Waals surface area contributed by atoms with Crippen LogP contribution in [0.15, 0.2) is 65.8 Å². The van der Waals surface area contributed by atoms with Crippen LogP contribution in [0.2, 0.25) is 0 Å². The van der Waals surface area contributed by atoms with E-state index in [1.165, 1.54) is 6.42 Å². The van der Waals surface area contributed by atoms with Crippen LogP contribution in [0, 0.1) is 23.7 Å². The molecule has 0 aliphatic heterocycles. The molecule has 1 aliphatic rings. The van der Waals surface area contributed by atoms with Crippen LogP contribution in [0.25, 0.3) is 0 Å². The maximum atomic E-state index is 5.64. The molecule has 3 atom stereocenters. The van der Waals surface area contributed by atoms with Crippen LogP contribution < -0.4 is 0 Å². The van der Waals surface area contributed by atoms with Gasteiger partial charge in [0.15, 0.2) is 0 Å². The van der Waals surface area contributed by atoms with Crippen LogP contribution in [-0.2, 0) is 4.84 Å². The molecular weight excluding hydrogens is 270 g/mol. The highest BCUT2D eigenvalue weighted by Crippen LogP contribution is 2.35. The summed E-state index contributed by atoms with van der Waals surface area (Å²) >= 11 is 0. The standard InChI is InChI=1S/C20H19NO/c1-16-14-19(16)15-21-22-20(18-10-6-3-7-11-18)13-12-17-8-4-2-5-9-17/h2-11,15-16,19-20H,14H2,1H3/b21-15-/t16-,19+,20?/m0/s1. The van der Waals surface area contributed by atoms with Gasteiger partial charge in [0.1, 0.15) is 0 Å². The summed E-state index contributed by atoms with van der Waals surface area (Å²) in [6, 6.07) is 19.9. The van der Waals surface area contributed by atoms with Crippen molar-refractivity contribution in [2.24, 2.45) is 17.0 Å². The SMILES string of the molecule is C[C@H]1C[C@@H]1/C=N\OC(C#Cc1ccccc1)c1ccccc1. The second kappa shape index (κ2) is 6.95. The molecule has 0 heterocycles. The molecule has 2 heteroatoms. The van der Waals surface area contributed by atoms with Gasteiger partial charge in [-0.05, 0) is 30.4 Å². The van der Waals surface area contributed by atoms with Gasteiger partial charge < -0.3 is 4.84 Å². The third-order valence-corrected chi connectivity index (χ3v) is 3.81. The monoisotopic (exact) mass is 289 g/mol. The van der Waals surface area contributed by atoms with Crippen molar-refractivity contribution in [2.75, 3.05) is 0 Å². The van der Waals surface area contributed by atoms with Crippen LogP contribution in [0.1, 0.15) is 30.6 Å². The van der Waals surface area contributed by atoms with Gasteiger partial charge in [0, 0.05) is 23.3 Å². The van der Waals surface area contributed by atoms with E-state index in [9.17, 15) is 0 Å². The van der Waals surface area contributed by atoms with Gasteiger partial charge in [-0.25, -0.2) is 0 Å². The van der Waals surface area contributed by atoms with Crippen LogP contribution >= 0.6 is 0 Å². The van der Waals surface area contributed by atoms with Gasteiger partial charge in [0.2, 0.25) is 6.10 Å². The number of rotatable bonds is 4. The second-order valence-corrected chi connectivity index (χ2v) is 5.66. The van der Waals surface area contributed by atoms with Crippen molar-refractivity contribution in [3.05, 3.63) is 71.8 Å². The fraction of sp³-hybridized carbons (Fsp3) is 0.250. The number of hydrogen-bond acceptors (Lipinski definition) is 2. The molecule has 1 saturated carbocycles. The number of hydrogen-bond donors (Lipinski definition) is 0. The van der Waals surface area contributed by atoms with Gasteiger partial charge in [-0.3, -0.25) is 0 Å². The van der Waals surface area contributed by atoms with Crippen molar-refractivity contribution in [1.82, 2.24) is 0 Å². The zero-order valence-corrected chi connectivity index (χ0v) is 12.6. The lowest BCUT2D eigenvalue weighted by Gasteiger charge is -2.08. The third kappa shape index (κ3) is 3.99. The fourth-order valence-corrected chi connectivity index (χ4v) is 2.20. The molecule has 2 aromatic carbocycles. The zero-order valence-electron chi connectivity index (χ0n) is 12.6. The van der Waals surface area contributed by atoms with Gasteiger partial charge in [-0.2, -0.15) is 0 Å². The molecule has 1 unspecified atom stereocenters. The van der Waals surface area contributed by atoms with Crippen LogP contribution in [0.3, 0.4) is 0 Å². The molecule has 22 heavy (non-hydrogen) atoms. The van der Waals surface area contributed by atoms with E-state index in [0.29, 0.717) is 5.92 Å². The molecule has 1 aliphatic carbocycles. The first-order valence-corrected chi connectivity index (χ1v) is 7.64. The van der Waals surface area contributed by atoms with Gasteiger partial charge in [-0.1, -0.05) is 66.5 Å². The van der Waals surface area contributed by atoms with Crippen molar-refractivity contribution in [2.45, 2.75) is 19.4 Å². The van der Waals surface area contributed by atoms with E-state index in [1.54, 1.807) is 0 Å². The van der Waals surface area contributed by atoms with Gasteiger partial charge in [-0.15, -0.1) is 0 Å². The summed E-state index contributed by atoms with van der Waals surface area (Å²) in [5.41, 5.74) is 2.00. The summed E-state index contributed by atoms with van der Waals surface area (Å²) in [4.78, 5) is 5.64. The molecule has 0 aromatic heterocycles. The van der Waals surface area contributed by atoms with Crippen molar-refractivity contribution < 1.29 is 4.84 Å². The molecule has 0 N–H and O–H groups in total. The Balaban J connectivity index is 1.74. The molecule has 110 valence electrons. The summed E-state index contributed by atoms with van der Waals surface area (Å²) in [6.07, 6.45) is 2.77. The predicted octanol–water partition coefficient (Wildman–Crippen LogP) is 4.44. The van der Waals surface area contributed by atoms with Gasteiger partial charge in [0.05, 0.1) is 0 Å². The van der Waals surface area contributed by atoms with Gasteiger partial charge >= 0.3 is 0 Å². The Bertz CT molecular complexity index is 682. The molecule has 0 amide bonds. The molecular formula is C20H19NO. The Morgan fingerprint density at radius 1 is 1.09 bits per heavy atom. The van der Waals surface area contributed by atoms with E-state index in [4.69, 9.17) is 4.84 Å². The first-order valence-electron chi connectivity index (χ1n) is 7.64. The summed E-state index contributed by atoms with van der Waals surface area (Å²) in [7, 11) is 0. The van der Waals surface area contributed by atoms with Crippen molar-refractivity contribution in [1.29, 1.82) is 0 Å². The van der Waals surface area contributed by atoms with E-state index >= 15 is 0 Å². The first kappa shape index (κ1) is 14.4. The zero-order chi connectivity index (χ0) is 15.2. The summed E-state index contributed by atoms with van der Waals surface area (Å²) in [5, 5.41) is 4.15. The maximum Gasteiger partial charge on any atom is 0.213 e. The second-order valence-electron chi connectivity index (χ2n) is 5.66. The molecule has 2 nitrogen and oxygen atoms in total. The average molecular weight is 289 g/mol. The molecule has 0 saturated heterocycles. The Morgan fingerprint density at radius 3 is 2.36 bits per heavy atom. The molecule has 1 fully saturated rings. The van der Waals surface area contributed by atoms with Crippen molar-refractivity contribution in [3.63, 3.8) is 0 Å². The maximum absolute atomic E-state index is 5.64. The predicted molar refractivity (Wildman–Crippen MR) is 89.4 cm³/mol. The third-order valence-electron chi connectivity index (χ3n) is 3.81. The number of oxime groups is 1. The minimum Gasteiger partial charge on any atom is -0.375 e. The van der Waals surface area contributed by atoms with E-state index < -0.39 is 0 Å². The van der Waals surface area contributed by atoms with Crippen LogP contribution in [-0.4, -0.2) is 6.21 Å².